The summed E-state index contributed by atoms with van der Waals surface area (Å²) in [5, 5.41) is 3.11. The number of carbonyl (C=O) groups is 3. The van der Waals surface area contributed by atoms with Crippen LogP contribution >= 0.6 is 11.3 Å². The van der Waals surface area contributed by atoms with Crippen LogP contribution in [0.1, 0.15) is 45.1 Å². The Balaban J connectivity index is 1.90. The maximum absolute atomic E-state index is 12.5. The molecule has 3 rings (SSSR count). The standard InChI is InChI=1S/C18H20N4O5S/c1-3-26-17(24)14-11-5-8-22(18(25)27-4-2)10-13(11)28-16(14)21-15(23)12-9-19-6-7-20-12/h6-7,9H,3-5,8,10H2,1-2H3,(H,21,23). The maximum Gasteiger partial charge on any atom is 0.410 e. The molecule has 0 aliphatic carbocycles. The largest absolute Gasteiger partial charge is 0.462 e. The fourth-order valence-electron chi connectivity index (χ4n) is 2.86. The summed E-state index contributed by atoms with van der Waals surface area (Å²) in [6.45, 7) is 4.71. The van der Waals surface area contributed by atoms with Crippen LogP contribution in [-0.2, 0) is 22.4 Å². The molecule has 2 aromatic heterocycles. The highest BCUT2D eigenvalue weighted by Crippen LogP contribution is 2.38. The van der Waals surface area contributed by atoms with E-state index < -0.39 is 18.0 Å². The molecule has 0 unspecified atom stereocenters. The summed E-state index contributed by atoms with van der Waals surface area (Å²) in [6.07, 6.45) is 4.30. The molecule has 0 atom stereocenters. The van der Waals surface area contributed by atoms with Crippen LogP contribution in [0.3, 0.4) is 0 Å². The molecule has 0 aromatic carbocycles. The number of rotatable bonds is 5. The van der Waals surface area contributed by atoms with Crippen molar-refractivity contribution in [3.05, 3.63) is 40.3 Å². The van der Waals surface area contributed by atoms with E-state index in [-0.39, 0.29) is 12.3 Å². The quantitative estimate of drug-likeness (QED) is 0.762. The summed E-state index contributed by atoms with van der Waals surface area (Å²) < 4.78 is 10.2. The van der Waals surface area contributed by atoms with Crippen molar-refractivity contribution in [3.8, 4) is 0 Å². The van der Waals surface area contributed by atoms with E-state index in [1.165, 1.54) is 29.9 Å². The van der Waals surface area contributed by atoms with Crippen molar-refractivity contribution in [3.63, 3.8) is 0 Å². The molecule has 1 aliphatic rings. The lowest BCUT2D eigenvalue weighted by atomic mass is 10.0. The van der Waals surface area contributed by atoms with E-state index in [1.807, 2.05) is 0 Å². The van der Waals surface area contributed by atoms with Crippen molar-refractivity contribution in [1.29, 1.82) is 0 Å². The number of anilines is 1. The van der Waals surface area contributed by atoms with Crippen LogP contribution in [-0.4, -0.2) is 52.6 Å². The SMILES string of the molecule is CCOC(=O)c1c(NC(=O)c2cnccn2)sc2c1CCN(C(=O)OCC)C2. The highest BCUT2D eigenvalue weighted by Gasteiger charge is 2.31. The number of esters is 1. The molecule has 2 amide bonds. The zero-order valence-corrected chi connectivity index (χ0v) is 16.4. The number of ether oxygens (including phenoxy) is 2. The molecule has 1 N–H and O–H groups in total. The van der Waals surface area contributed by atoms with Gasteiger partial charge in [-0.2, -0.15) is 0 Å². The van der Waals surface area contributed by atoms with E-state index in [2.05, 4.69) is 15.3 Å². The normalized spacial score (nSPS) is 12.9. The van der Waals surface area contributed by atoms with Crippen molar-refractivity contribution < 1.29 is 23.9 Å². The van der Waals surface area contributed by atoms with Crippen LogP contribution in [0.2, 0.25) is 0 Å². The minimum Gasteiger partial charge on any atom is -0.462 e. The highest BCUT2D eigenvalue weighted by molar-refractivity contribution is 7.17. The molecule has 10 heteroatoms. The van der Waals surface area contributed by atoms with Gasteiger partial charge in [-0.15, -0.1) is 11.3 Å². The lowest BCUT2D eigenvalue weighted by Gasteiger charge is -2.26. The Hall–Kier alpha value is -3.01. The van der Waals surface area contributed by atoms with Crippen molar-refractivity contribution in [2.45, 2.75) is 26.8 Å². The molecule has 0 spiro atoms. The molecule has 28 heavy (non-hydrogen) atoms. The number of hydrogen-bond donors (Lipinski definition) is 1. The van der Waals surface area contributed by atoms with Crippen LogP contribution in [0, 0.1) is 0 Å². The van der Waals surface area contributed by atoms with E-state index >= 15 is 0 Å². The molecule has 0 fully saturated rings. The minimum atomic E-state index is -0.501. The van der Waals surface area contributed by atoms with Gasteiger partial charge in [-0.3, -0.25) is 9.78 Å². The zero-order valence-electron chi connectivity index (χ0n) is 15.6. The first-order valence-electron chi connectivity index (χ1n) is 8.85. The molecular formula is C18H20N4O5S. The van der Waals surface area contributed by atoms with Crippen LogP contribution in [0.5, 0.6) is 0 Å². The molecule has 0 saturated heterocycles. The Morgan fingerprint density at radius 2 is 2.00 bits per heavy atom. The van der Waals surface area contributed by atoms with E-state index in [4.69, 9.17) is 9.47 Å². The van der Waals surface area contributed by atoms with Gasteiger partial charge in [-0.05, 0) is 25.8 Å². The summed E-state index contributed by atoms with van der Waals surface area (Å²) >= 11 is 1.25. The van der Waals surface area contributed by atoms with Gasteiger partial charge in [0.15, 0.2) is 0 Å². The van der Waals surface area contributed by atoms with Crippen LogP contribution in [0.4, 0.5) is 9.80 Å². The van der Waals surface area contributed by atoms with Gasteiger partial charge >= 0.3 is 12.1 Å². The van der Waals surface area contributed by atoms with Crippen LogP contribution < -0.4 is 5.32 Å². The number of carbonyl (C=O) groups excluding carboxylic acids is 3. The molecule has 2 aromatic rings. The maximum atomic E-state index is 12.5. The Kier molecular flexibility index (Phi) is 6.19. The van der Waals surface area contributed by atoms with E-state index in [0.29, 0.717) is 36.7 Å². The number of hydrogen-bond acceptors (Lipinski definition) is 8. The third-order valence-electron chi connectivity index (χ3n) is 4.09. The van der Waals surface area contributed by atoms with E-state index in [9.17, 15) is 14.4 Å². The van der Waals surface area contributed by atoms with Crippen LogP contribution in [0.15, 0.2) is 18.6 Å². The topological polar surface area (TPSA) is 111 Å². The molecule has 3 heterocycles. The average molecular weight is 404 g/mol. The van der Waals surface area contributed by atoms with Gasteiger partial charge in [0.25, 0.3) is 5.91 Å². The van der Waals surface area contributed by atoms with Crippen molar-refractivity contribution in [2.75, 3.05) is 25.1 Å². The lowest BCUT2D eigenvalue weighted by Crippen LogP contribution is -2.36. The molecule has 148 valence electrons. The van der Waals surface area contributed by atoms with E-state index in [0.717, 1.165) is 10.4 Å². The second-order valence-electron chi connectivity index (χ2n) is 5.84. The second-order valence-corrected chi connectivity index (χ2v) is 6.95. The molecule has 9 nitrogen and oxygen atoms in total. The van der Waals surface area contributed by atoms with Gasteiger partial charge in [0.2, 0.25) is 0 Å². The Labute approximate surface area is 165 Å². The second kappa shape index (κ2) is 8.79. The average Bonchev–Trinajstić information content (AvgIpc) is 3.06. The number of thiophene rings is 1. The first-order valence-corrected chi connectivity index (χ1v) is 9.67. The summed E-state index contributed by atoms with van der Waals surface area (Å²) in [5.41, 5.74) is 1.26. The first-order chi connectivity index (χ1) is 13.5. The first kappa shape index (κ1) is 19.7. The molecule has 0 saturated carbocycles. The third kappa shape index (κ3) is 4.11. The molecule has 0 bridgehead atoms. The third-order valence-corrected chi connectivity index (χ3v) is 5.22. The number of fused-ring (bicyclic) bond motifs is 1. The van der Waals surface area contributed by atoms with Gasteiger partial charge < -0.3 is 19.7 Å². The fraction of sp³-hybridized carbons (Fsp3) is 0.389. The van der Waals surface area contributed by atoms with Crippen molar-refractivity contribution in [2.24, 2.45) is 0 Å². The Morgan fingerprint density at radius 3 is 2.68 bits per heavy atom. The summed E-state index contributed by atoms with van der Waals surface area (Å²) in [7, 11) is 0. The van der Waals surface area contributed by atoms with Gasteiger partial charge in [0.1, 0.15) is 10.7 Å². The fourth-order valence-corrected chi connectivity index (χ4v) is 4.11. The summed E-state index contributed by atoms with van der Waals surface area (Å²) in [4.78, 5) is 47.3. The number of nitrogens with one attached hydrogen (secondary N) is 1. The summed E-state index contributed by atoms with van der Waals surface area (Å²) in [5.74, 6) is -0.974. The smallest absolute Gasteiger partial charge is 0.410 e. The van der Waals surface area contributed by atoms with Crippen LogP contribution in [0.25, 0.3) is 0 Å². The van der Waals surface area contributed by atoms with Gasteiger partial charge in [0.05, 0.1) is 31.5 Å². The summed E-state index contributed by atoms with van der Waals surface area (Å²) in [6, 6.07) is 0. The number of amides is 2. The molecular weight excluding hydrogens is 384 g/mol. The van der Waals surface area contributed by atoms with Gasteiger partial charge in [-0.1, -0.05) is 0 Å². The molecule has 1 aliphatic heterocycles. The lowest BCUT2D eigenvalue weighted by molar-refractivity contribution is 0.0526. The van der Waals surface area contributed by atoms with Crippen molar-refractivity contribution in [1.82, 2.24) is 14.9 Å². The Bertz CT molecular complexity index is 884. The van der Waals surface area contributed by atoms with Crippen molar-refractivity contribution >= 4 is 34.3 Å². The van der Waals surface area contributed by atoms with Gasteiger partial charge in [0, 0.05) is 23.8 Å². The zero-order chi connectivity index (χ0) is 20.1. The number of aromatic nitrogens is 2. The molecule has 0 radical (unpaired) electrons. The highest BCUT2D eigenvalue weighted by atomic mass is 32.1. The minimum absolute atomic E-state index is 0.136. The predicted octanol–water partition coefficient (Wildman–Crippen LogP) is 2.48. The predicted molar refractivity (Wildman–Crippen MR) is 101 cm³/mol. The van der Waals surface area contributed by atoms with Gasteiger partial charge in [-0.25, -0.2) is 14.6 Å². The Morgan fingerprint density at radius 1 is 1.21 bits per heavy atom. The van der Waals surface area contributed by atoms with E-state index in [1.54, 1.807) is 18.7 Å². The number of nitrogens with zero attached hydrogens (tertiary/aromatic N) is 3. The monoisotopic (exact) mass is 404 g/mol.